The molecule has 0 aliphatic carbocycles. The van der Waals surface area contributed by atoms with Gasteiger partial charge in [0.25, 0.3) is 0 Å². The maximum atomic E-state index is 5.10. The van der Waals surface area contributed by atoms with E-state index in [0.717, 1.165) is 67.1 Å². The number of aromatic nitrogens is 3. The van der Waals surface area contributed by atoms with E-state index in [4.69, 9.17) is 9.72 Å². The van der Waals surface area contributed by atoms with Crippen LogP contribution in [0.3, 0.4) is 0 Å². The van der Waals surface area contributed by atoms with Gasteiger partial charge in [-0.1, -0.05) is 44.0 Å². The van der Waals surface area contributed by atoms with E-state index in [1.54, 1.807) is 7.11 Å². The van der Waals surface area contributed by atoms with Gasteiger partial charge in [-0.2, -0.15) is 0 Å². The van der Waals surface area contributed by atoms with Gasteiger partial charge in [0.05, 0.1) is 5.69 Å². The molecule has 0 aliphatic heterocycles. The van der Waals surface area contributed by atoms with Crippen molar-refractivity contribution < 1.29 is 4.74 Å². The van der Waals surface area contributed by atoms with Gasteiger partial charge in [-0.25, -0.2) is 9.97 Å². The second-order valence-electron chi connectivity index (χ2n) is 7.41. The molecule has 0 aliphatic rings. The molecule has 0 saturated carbocycles. The smallest absolute Gasteiger partial charge is 0.160 e. The molecular formula is C25H31N3O. The first kappa shape index (κ1) is 21.1. The van der Waals surface area contributed by atoms with Crippen molar-refractivity contribution in [3.63, 3.8) is 0 Å². The summed E-state index contributed by atoms with van der Waals surface area (Å²) >= 11 is 0. The van der Waals surface area contributed by atoms with E-state index < -0.39 is 0 Å². The van der Waals surface area contributed by atoms with E-state index in [0.29, 0.717) is 0 Å². The summed E-state index contributed by atoms with van der Waals surface area (Å²) in [6, 6.07) is 14.9. The zero-order valence-corrected chi connectivity index (χ0v) is 17.6. The van der Waals surface area contributed by atoms with Crippen molar-refractivity contribution in [3.8, 4) is 22.6 Å². The van der Waals surface area contributed by atoms with Gasteiger partial charge in [0, 0.05) is 42.9 Å². The third-order valence-corrected chi connectivity index (χ3v) is 5.09. The summed E-state index contributed by atoms with van der Waals surface area (Å²) in [5.74, 6) is 0.744. The molecular weight excluding hydrogens is 358 g/mol. The number of methoxy groups -OCH3 is 1. The van der Waals surface area contributed by atoms with Crippen LogP contribution < -0.4 is 0 Å². The Hall–Kier alpha value is -2.59. The molecule has 4 heteroatoms. The van der Waals surface area contributed by atoms with Crippen LogP contribution in [0.4, 0.5) is 0 Å². The van der Waals surface area contributed by atoms with Crippen LogP contribution in [0.15, 0.2) is 54.9 Å². The van der Waals surface area contributed by atoms with Crippen molar-refractivity contribution in [3.05, 3.63) is 66.1 Å². The number of hydrogen-bond acceptors (Lipinski definition) is 4. The number of hydrogen-bond donors (Lipinski definition) is 0. The predicted octanol–water partition coefficient (Wildman–Crippen LogP) is 5.91. The summed E-state index contributed by atoms with van der Waals surface area (Å²) in [4.78, 5) is 13.8. The number of rotatable bonds is 11. The summed E-state index contributed by atoms with van der Waals surface area (Å²) in [6.45, 7) is 3.05. The van der Waals surface area contributed by atoms with E-state index in [1.165, 1.54) is 18.4 Å². The quantitative estimate of drug-likeness (QED) is 0.383. The van der Waals surface area contributed by atoms with E-state index in [9.17, 15) is 0 Å². The maximum absolute atomic E-state index is 5.10. The minimum Gasteiger partial charge on any atom is -0.385 e. The number of unbranched alkanes of at least 4 members (excludes halogenated alkanes) is 3. The van der Waals surface area contributed by atoms with Crippen LogP contribution in [0.5, 0.6) is 0 Å². The summed E-state index contributed by atoms with van der Waals surface area (Å²) in [5, 5.41) is 0. The maximum Gasteiger partial charge on any atom is 0.160 e. The molecule has 2 aromatic heterocycles. The molecule has 152 valence electrons. The van der Waals surface area contributed by atoms with Gasteiger partial charge in [-0.15, -0.1) is 0 Å². The van der Waals surface area contributed by atoms with Gasteiger partial charge < -0.3 is 4.74 Å². The minimum atomic E-state index is 0.744. The van der Waals surface area contributed by atoms with Crippen LogP contribution in [0.25, 0.3) is 22.6 Å². The van der Waals surface area contributed by atoms with Crippen molar-refractivity contribution in [1.82, 2.24) is 15.0 Å². The van der Waals surface area contributed by atoms with Crippen LogP contribution in [-0.2, 0) is 17.6 Å². The lowest BCUT2D eigenvalue weighted by atomic mass is 10.0. The molecule has 3 aromatic rings. The van der Waals surface area contributed by atoms with Gasteiger partial charge >= 0.3 is 0 Å². The normalized spacial score (nSPS) is 11.0. The van der Waals surface area contributed by atoms with Crippen LogP contribution in [0.1, 0.15) is 50.3 Å². The van der Waals surface area contributed by atoms with Gasteiger partial charge in [0.1, 0.15) is 0 Å². The monoisotopic (exact) mass is 389 g/mol. The van der Waals surface area contributed by atoms with Crippen molar-refractivity contribution in [2.45, 2.75) is 51.9 Å². The summed E-state index contributed by atoms with van der Waals surface area (Å²) in [5.41, 5.74) is 5.54. The fraction of sp³-hybridized carbons (Fsp3) is 0.400. The van der Waals surface area contributed by atoms with E-state index >= 15 is 0 Å². The number of aryl methyl sites for hydroxylation is 2. The van der Waals surface area contributed by atoms with Crippen molar-refractivity contribution in [2.75, 3.05) is 13.7 Å². The van der Waals surface area contributed by atoms with Crippen LogP contribution in [0, 0.1) is 0 Å². The van der Waals surface area contributed by atoms with E-state index in [1.807, 2.05) is 18.5 Å². The lowest BCUT2D eigenvalue weighted by Gasteiger charge is -2.06. The molecule has 0 radical (unpaired) electrons. The molecule has 3 rings (SSSR count). The Bertz CT molecular complexity index is 860. The topological polar surface area (TPSA) is 47.9 Å². The Morgan fingerprint density at radius 2 is 1.62 bits per heavy atom. The fourth-order valence-electron chi connectivity index (χ4n) is 3.32. The van der Waals surface area contributed by atoms with Gasteiger partial charge in [0.2, 0.25) is 0 Å². The van der Waals surface area contributed by atoms with Crippen molar-refractivity contribution in [1.29, 1.82) is 0 Å². The minimum absolute atomic E-state index is 0.744. The molecule has 0 atom stereocenters. The lowest BCUT2D eigenvalue weighted by molar-refractivity contribution is 0.192. The first-order valence-corrected chi connectivity index (χ1v) is 10.7. The van der Waals surface area contributed by atoms with Crippen LogP contribution >= 0.6 is 0 Å². The SMILES string of the molecule is CCCCc1ccc(-c2ccc(-c3nccc(CCCCCOC)n3)cn2)cc1. The second kappa shape index (κ2) is 11.4. The Morgan fingerprint density at radius 1 is 0.793 bits per heavy atom. The fourth-order valence-corrected chi connectivity index (χ4v) is 3.32. The third kappa shape index (κ3) is 6.47. The largest absolute Gasteiger partial charge is 0.385 e. The Labute approximate surface area is 174 Å². The highest BCUT2D eigenvalue weighted by Crippen LogP contribution is 2.21. The Morgan fingerprint density at radius 3 is 2.34 bits per heavy atom. The average Bonchev–Trinajstić information content (AvgIpc) is 2.78. The lowest BCUT2D eigenvalue weighted by Crippen LogP contribution is -1.97. The Kier molecular flexibility index (Phi) is 8.32. The van der Waals surface area contributed by atoms with E-state index in [-0.39, 0.29) is 0 Å². The molecule has 1 aromatic carbocycles. The van der Waals surface area contributed by atoms with Crippen molar-refractivity contribution >= 4 is 0 Å². The molecule has 0 amide bonds. The second-order valence-corrected chi connectivity index (χ2v) is 7.41. The molecule has 0 N–H and O–H groups in total. The summed E-state index contributed by atoms with van der Waals surface area (Å²) < 4.78 is 5.10. The molecule has 4 nitrogen and oxygen atoms in total. The Balaban J connectivity index is 1.63. The van der Waals surface area contributed by atoms with Gasteiger partial charge in [-0.3, -0.25) is 4.98 Å². The summed E-state index contributed by atoms with van der Waals surface area (Å²) in [7, 11) is 1.75. The van der Waals surface area contributed by atoms with Gasteiger partial charge in [0.15, 0.2) is 5.82 Å². The van der Waals surface area contributed by atoms with Crippen LogP contribution in [0.2, 0.25) is 0 Å². The standard InChI is InChI=1S/C25H31N3O/c1-3-4-8-20-10-12-21(13-11-20)24-15-14-22(19-27-24)25-26-17-16-23(28-25)9-6-5-7-18-29-2/h10-17,19H,3-9,18H2,1-2H3. The first-order valence-electron chi connectivity index (χ1n) is 10.7. The number of ether oxygens (including phenoxy) is 1. The molecule has 0 bridgehead atoms. The molecule has 0 saturated heterocycles. The van der Waals surface area contributed by atoms with E-state index in [2.05, 4.69) is 53.3 Å². The molecule has 0 unspecified atom stereocenters. The van der Waals surface area contributed by atoms with Crippen molar-refractivity contribution in [2.24, 2.45) is 0 Å². The van der Waals surface area contributed by atoms with Crippen LogP contribution in [-0.4, -0.2) is 28.7 Å². The first-order chi connectivity index (χ1) is 14.3. The zero-order valence-electron chi connectivity index (χ0n) is 17.6. The zero-order chi connectivity index (χ0) is 20.3. The number of nitrogens with zero attached hydrogens (tertiary/aromatic N) is 3. The highest BCUT2D eigenvalue weighted by atomic mass is 16.5. The number of benzene rings is 1. The molecule has 0 fully saturated rings. The van der Waals surface area contributed by atoms with Gasteiger partial charge in [-0.05, 0) is 55.9 Å². The molecule has 29 heavy (non-hydrogen) atoms. The molecule has 2 heterocycles. The highest BCUT2D eigenvalue weighted by Gasteiger charge is 2.06. The number of pyridine rings is 1. The highest BCUT2D eigenvalue weighted by molar-refractivity contribution is 5.63. The predicted molar refractivity (Wildman–Crippen MR) is 119 cm³/mol. The molecule has 0 spiro atoms. The summed E-state index contributed by atoms with van der Waals surface area (Å²) in [6.07, 6.45) is 11.7. The third-order valence-electron chi connectivity index (χ3n) is 5.09. The average molecular weight is 390 g/mol.